The largest absolute Gasteiger partial charge is 0.435 e. The zero-order valence-electron chi connectivity index (χ0n) is 13.5. The lowest BCUT2D eigenvalue weighted by molar-refractivity contribution is -0.143. The smallest absolute Gasteiger partial charge is 0.396 e. The molecule has 1 aromatic heterocycles. The monoisotopic (exact) mass is 340 g/mol. The fraction of sp³-hybridized carbons (Fsp3) is 0.438. The Kier molecular flexibility index (Phi) is 5.71. The first-order valence-corrected chi connectivity index (χ1v) is 7.57. The molecule has 8 heteroatoms. The molecule has 0 radical (unpaired) electrons. The van der Waals surface area contributed by atoms with E-state index in [1.807, 2.05) is 19.1 Å². The molecule has 0 amide bonds. The van der Waals surface area contributed by atoms with Crippen LogP contribution in [-0.2, 0) is 12.7 Å². The molecule has 0 unspecified atom stereocenters. The highest BCUT2D eigenvalue weighted by molar-refractivity contribution is 5.49. The fourth-order valence-electron chi connectivity index (χ4n) is 2.23. The number of aliphatic hydroxyl groups is 1. The van der Waals surface area contributed by atoms with Gasteiger partial charge in [0.2, 0.25) is 0 Å². The second-order valence-corrected chi connectivity index (χ2v) is 5.47. The molecule has 0 aliphatic rings. The molecule has 0 fully saturated rings. The van der Waals surface area contributed by atoms with E-state index < -0.39 is 11.9 Å². The Hall–Kier alpha value is -2.22. The molecule has 5 nitrogen and oxygen atoms in total. The number of unbranched alkanes of at least 4 members (excludes halogenated alkanes) is 1. The molecule has 2 rings (SSSR count). The van der Waals surface area contributed by atoms with Gasteiger partial charge < -0.3 is 5.11 Å². The third-order valence-electron chi connectivity index (χ3n) is 3.44. The summed E-state index contributed by atoms with van der Waals surface area (Å²) in [5.41, 5.74) is 0.488. The van der Waals surface area contributed by atoms with Gasteiger partial charge in [-0.2, -0.15) is 23.4 Å². The van der Waals surface area contributed by atoms with E-state index in [-0.39, 0.29) is 24.5 Å². The molecule has 130 valence electrons. The molecule has 0 saturated carbocycles. The van der Waals surface area contributed by atoms with Gasteiger partial charge in [-0.25, -0.2) is 0 Å². The molecule has 2 aromatic rings. The van der Waals surface area contributed by atoms with Gasteiger partial charge in [0, 0.05) is 13.2 Å². The number of aryl methyl sites for hydroxylation is 3. The summed E-state index contributed by atoms with van der Waals surface area (Å²) in [6.07, 6.45) is -3.77. The first kappa shape index (κ1) is 18.1. The lowest BCUT2D eigenvalue weighted by Gasteiger charge is -2.10. The van der Waals surface area contributed by atoms with Gasteiger partial charge in [0.05, 0.1) is 11.4 Å². The van der Waals surface area contributed by atoms with E-state index in [2.05, 4.69) is 15.3 Å². The maximum absolute atomic E-state index is 13.4. The Bertz CT molecular complexity index is 705. The van der Waals surface area contributed by atoms with Crippen LogP contribution in [0.5, 0.6) is 0 Å². The first-order chi connectivity index (χ1) is 11.3. The normalized spacial score (nSPS) is 12.2. The zero-order valence-corrected chi connectivity index (χ0v) is 13.5. The van der Waals surface area contributed by atoms with Crippen molar-refractivity contribution >= 4 is 11.4 Å². The molecule has 0 spiro atoms. The Morgan fingerprint density at radius 1 is 1.08 bits per heavy atom. The molecule has 0 saturated heterocycles. The number of hydrogen-bond acceptors (Lipinski definition) is 4. The first-order valence-electron chi connectivity index (χ1n) is 7.57. The van der Waals surface area contributed by atoms with Crippen LogP contribution >= 0.6 is 0 Å². The van der Waals surface area contributed by atoms with Crippen LogP contribution in [0.1, 0.15) is 29.8 Å². The summed E-state index contributed by atoms with van der Waals surface area (Å²) in [6, 6.07) is 6.99. The highest BCUT2D eigenvalue weighted by Gasteiger charge is 2.39. The number of alkyl halides is 3. The average molecular weight is 340 g/mol. The van der Waals surface area contributed by atoms with E-state index in [9.17, 15) is 13.2 Å². The van der Waals surface area contributed by atoms with Crippen LogP contribution in [0.4, 0.5) is 24.5 Å². The summed E-state index contributed by atoms with van der Waals surface area (Å²) < 4.78 is 41.1. The number of hydrogen-bond donors (Lipinski definition) is 1. The quantitative estimate of drug-likeness (QED) is 0.611. The van der Waals surface area contributed by atoms with Gasteiger partial charge in [-0.3, -0.25) is 4.68 Å². The number of rotatable bonds is 6. The van der Waals surface area contributed by atoms with Gasteiger partial charge >= 0.3 is 6.18 Å². The third kappa shape index (κ3) is 4.41. The minimum absolute atomic E-state index is 0.0658. The summed E-state index contributed by atoms with van der Waals surface area (Å²) >= 11 is 0. The number of benzene rings is 1. The van der Waals surface area contributed by atoms with E-state index >= 15 is 0 Å². The highest BCUT2D eigenvalue weighted by atomic mass is 19.4. The van der Waals surface area contributed by atoms with Crippen molar-refractivity contribution in [2.24, 2.45) is 10.2 Å². The standard InChI is InChI=1S/C16H19F3N4O/c1-11-5-7-13(8-6-11)20-21-14-12(2)22-23(9-3-4-10-24)15(14)16(17,18)19/h5-8,24H,3-4,9-10H2,1-2H3. The van der Waals surface area contributed by atoms with Crippen LogP contribution < -0.4 is 0 Å². The van der Waals surface area contributed by atoms with Gasteiger partial charge in [0.1, 0.15) is 5.69 Å². The molecule has 24 heavy (non-hydrogen) atoms. The van der Waals surface area contributed by atoms with Crippen molar-refractivity contribution in [3.05, 3.63) is 41.2 Å². The molecule has 0 aliphatic heterocycles. The topological polar surface area (TPSA) is 62.8 Å². The number of nitrogens with zero attached hydrogens (tertiary/aromatic N) is 4. The summed E-state index contributed by atoms with van der Waals surface area (Å²) in [7, 11) is 0. The van der Waals surface area contributed by atoms with Gasteiger partial charge in [-0.15, -0.1) is 5.11 Å². The predicted molar refractivity (Wildman–Crippen MR) is 83.6 cm³/mol. The number of azo groups is 1. The second-order valence-electron chi connectivity index (χ2n) is 5.47. The van der Waals surface area contributed by atoms with Gasteiger partial charge in [0.15, 0.2) is 5.69 Å². The molecule has 1 N–H and O–H groups in total. The van der Waals surface area contributed by atoms with Crippen LogP contribution in [0, 0.1) is 13.8 Å². The summed E-state index contributed by atoms with van der Waals surface area (Å²) in [4.78, 5) is 0. The summed E-state index contributed by atoms with van der Waals surface area (Å²) in [5, 5.41) is 20.4. The lowest BCUT2D eigenvalue weighted by atomic mass is 10.2. The van der Waals surface area contributed by atoms with Crippen molar-refractivity contribution in [3.63, 3.8) is 0 Å². The minimum atomic E-state index is -4.58. The van der Waals surface area contributed by atoms with Gasteiger partial charge in [0.25, 0.3) is 0 Å². The van der Waals surface area contributed by atoms with E-state index in [0.29, 0.717) is 18.5 Å². The van der Waals surface area contributed by atoms with Crippen LogP contribution in [0.2, 0.25) is 0 Å². The van der Waals surface area contributed by atoms with Gasteiger partial charge in [-0.1, -0.05) is 17.7 Å². The zero-order chi connectivity index (χ0) is 17.7. The Morgan fingerprint density at radius 3 is 2.33 bits per heavy atom. The minimum Gasteiger partial charge on any atom is -0.396 e. The Morgan fingerprint density at radius 2 is 1.75 bits per heavy atom. The fourth-order valence-corrected chi connectivity index (χ4v) is 2.23. The van der Waals surface area contributed by atoms with E-state index in [4.69, 9.17) is 5.11 Å². The second kappa shape index (κ2) is 7.57. The van der Waals surface area contributed by atoms with Crippen molar-refractivity contribution in [2.45, 2.75) is 39.4 Å². The van der Waals surface area contributed by atoms with Crippen LogP contribution in [0.15, 0.2) is 34.5 Å². The molecule has 0 atom stereocenters. The Labute approximate surface area is 137 Å². The van der Waals surface area contributed by atoms with Crippen LogP contribution in [-0.4, -0.2) is 21.5 Å². The molecular formula is C16H19F3N4O. The van der Waals surface area contributed by atoms with Crippen molar-refractivity contribution in [1.82, 2.24) is 9.78 Å². The van der Waals surface area contributed by atoms with Crippen LogP contribution in [0.3, 0.4) is 0 Å². The van der Waals surface area contributed by atoms with Crippen molar-refractivity contribution in [2.75, 3.05) is 6.61 Å². The Balaban J connectivity index is 2.35. The summed E-state index contributed by atoms with van der Waals surface area (Å²) in [6.45, 7) is 3.38. The number of aromatic nitrogens is 2. The van der Waals surface area contributed by atoms with E-state index in [0.717, 1.165) is 10.2 Å². The van der Waals surface area contributed by atoms with E-state index in [1.54, 1.807) is 12.1 Å². The number of halogens is 3. The molecular weight excluding hydrogens is 321 g/mol. The molecule has 0 aliphatic carbocycles. The third-order valence-corrected chi connectivity index (χ3v) is 3.44. The van der Waals surface area contributed by atoms with Crippen molar-refractivity contribution in [1.29, 1.82) is 0 Å². The lowest BCUT2D eigenvalue weighted by Crippen LogP contribution is -2.15. The molecule has 1 aromatic carbocycles. The van der Waals surface area contributed by atoms with E-state index in [1.165, 1.54) is 6.92 Å². The van der Waals surface area contributed by atoms with Crippen LogP contribution in [0.25, 0.3) is 0 Å². The van der Waals surface area contributed by atoms with Crippen molar-refractivity contribution in [3.8, 4) is 0 Å². The molecule has 0 bridgehead atoms. The highest BCUT2D eigenvalue weighted by Crippen LogP contribution is 2.39. The SMILES string of the molecule is Cc1ccc(N=Nc2c(C)nn(CCCCO)c2C(F)(F)F)cc1. The van der Waals surface area contributed by atoms with Gasteiger partial charge in [-0.05, 0) is 38.8 Å². The molecule has 1 heterocycles. The van der Waals surface area contributed by atoms with Crippen molar-refractivity contribution < 1.29 is 18.3 Å². The average Bonchev–Trinajstić information content (AvgIpc) is 2.83. The maximum atomic E-state index is 13.4. The predicted octanol–water partition coefficient (Wildman–Crippen LogP) is 4.71. The number of aliphatic hydroxyl groups excluding tert-OH is 1. The summed E-state index contributed by atoms with van der Waals surface area (Å²) in [5.74, 6) is 0. The maximum Gasteiger partial charge on any atom is 0.435 e.